The molecule has 0 saturated heterocycles. The predicted octanol–water partition coefficient (Wildman–Crippen LogP) is 4.61. The van der Waals surface area contributed by atoms with Gasteiger partial charge in [0.15, 0.2) is 11.6 Å². The minimum atomic E-state index is -1.24. The number of carbonyl (C=O) groups is 1. The molecule has 1 aromatic rings. The maximum Gasteiger partial charge on any atom is 0.310 e. The minimum absolute atomic E-state index is 0.0331. The number of carbonyl (C=O) groups excluding carboxylic acids is 1. The van der Waals surface area contributed by atoms with Crippen LogP contribution in [-0.2, 0) is 16.1 Å². The molecule has 0 bridgehead atoms. The van der Waals surface area contributed by atoms with E-state index in [1.54, 1.807) is 0 Å². The highest BCUT2D eigenvalue weighted by molar-refractivity contribution is 5.78. The van der Waals surface area contributed by atoms with Crippen LogP contribution in [0.2, 0.25) is 0 Å². The highest BCUT2D eigenvalue weighted by Crippen LogP contribution is 2.59. The Hall–Kier alpha value is -1.78. The van der Waals surface area contributed by atoms with Crippen molar-refractivity contribution in [2.75, 3.05) is 0 Å². The lowest BCUT2D eigenvalue weighted by Crippen LogP contribution is -2.13. The predicted molar refractivity (Wildman–Crippen MR) is 81.2 cm³/mol. The number of esters is 1. The fourth-order valence-electron chi connectivity index (χ4n) is 3.07. The third-order valence-electron chi connectivity index (χ3n) is 4.82. The van der Waals surface area contributed by atoms with Crippen LogP contribution in [0.3, 0.4) is 0 Å². The molecule has 0 aliphatic heterocycles. The second-order valence-electron chi connectivity index (χ2n) is 6.63. The number of hydrogen-bond donors (Lipinski definition) is 0. The van der Waals surface area contributed by atoms with Gasteiger partial charge in [-0.3, -0.25) is 4.79 Å². The van der Waals surface area contributed by atoms with Crippen molar-refractivity contribution in [2.45, 2.75) is 41.2 Å². The van der Waals surface area contributed by atoms with E-state index in [1.165, 1.54) is 13.8 Å². The lowest BCUT2D eigenvalue weighted by Gasteiger charge is -2.13. The Morgan fingerprint density at radius 2 is 1.74 bits per heavy atom. The Kier molecular flexibility index (Phi) is 4.60. The highest BCUT2D eigenvalue weighted by Gasteiger charge is 2.61. The van der Waals surface area contributed by atoms with Crippen molar-refractivity contribution in [2.24, 2.45) is 17.3 Å². The van der Waals surface area contributed by atoms with Gasteiger partial charge < -0.3 is 4.74 Å². The molecule has 23 heavy (non-hydrogen) atoms. The molecule has 1 saturated carbocycles. The van der Waals surface area contributed by atoms with Crippen LogP contribution in [-0.4, -0.2) is 5.97 Å². The monoisotopic (exact) mass is 326 g/mol. The van der Waals surface area contributed by atoms with Gasteiger partial charge in [0, 0.05) is 11.1 Å². The van der Waals surface area contributed by atoms with Gasteiger partial charge in [-0.05, 0) is 37.7 Å². The fourth-order valence-corrected chi connectivity index (χ4v) is 3.07. The summed E-state index contributed by atoms with van der Waals surface area (Å²) in [4.78, 5) is 12.2. The molecule has 2 rings (SSSR count). The van der Waals surface area contributed by atoms with Gasteiger partial charge in [-0.15, -0.1) is 0 Å². The van der Waals surface area contributed by atoms with Crippen LogP contribution in [0.5, 0.6) is 0 Å². The summed E-state index contributed by atoms with van der Waals surface area (Å²) in [6.07, 6.45) is 3.80. The maximum absolute atomic E-state index is 14.0. The summed E-state index contributed by atoms with van der Waals surface area (Å²) in [5, 5.41) is 0. The summed E-state index contributed by atoms with van der Waals surface area (Å²) in [5.74, 6) is -3.93. The number of halogens is 3. The summed E-state index contributed by atoms with van der Waals surface area (Å²) in [6, 6.07) is 0. The normalized spacial score (nSPS) is 22.4. The van der Waals surface area contributed by atoms with E-state index in [-0.39, 0.29) is 33.9 Å². The quantitative estimate of drug-likeness (QED) is 0.459. The molecule has 0 unspecified atom stereocenters. The van der Waals surface area contributed by atoms with Gasteiger partial charge in [0.1, 0.15) is 12.4 Å². The first-order chi connectivity index (χ1) is 10.6. The number of rotatable bonds is 4. The second-order valence-corrected chi connectivity index (χ2v) is 6.63. The van der Waals surface area contributed by atoms with Gasteiger partial charge in [0.25, 0.3) is 0 Å². The van der Waals surface area contributed by atoms with E-state index in [4.69, 9.17) is 4.74 Å². The second kappa shape index (κ2) is 6.02. The molecule has 1 aromatic carbocycles. The summed E-state index contributed by atoms with van der Waals surface area (Å²) in [6.45, 7) is 7.80. The van der Waals surface area contributed by atoms with Crippen LogP contribution in [0, 0.1) is 48.5 Å². The third-order valence-corrected chi connectivity index (χ3v) is 4.82. The summed E-state index contributed by atoms with van der Waals surface area (Å²) < 4.78 is 46.6. The summed E-state index contributed by atoms with van der Waals surface area (Å²) >= 11 is 0. The number of ether oxygens (including phenoxy) is 1. The lowest BCUT2D eigenvalue weighted by molar-refractivity contribution is -0.147. The van der Waals surface area contributed by atoms with Crippen LogP contribution < -0.4 is 0 Å². The number of benzene rings is 1. The summed E-state index contributed by atoms with van der Waals surface area (Å²) in [5.41, 5.74) is -0.873. The zero-order valence-electron chi connectivity index (χ0n) is 14.0. The third kappa shape index (κ3) is 2.89. The average Bonchev–Trinajstić information content (AvgIpc) is 3.04. The molecule has 0 aromatic heterocycles. The van der Waals surface area contributed by atoms with Gasteiger partial charge in [-0.2, -0.15) is 0 Å². The molecule has 1 aliphatic carbocycles. The van der Waals surface area contributed by atoms with Gasteiger partial charge in [0.05, 0.1) is 5.92 Å². The molecular weight excluding hydrogens is 305 g/mol. The zero-order valence-corrected chi connectivity index (χ0v) is 14.0. The van der Waals surface area contributed by atoms with E-state index in [1.807, 2.05) is 32.9 Å². The van der Waals surface area contributed by atoms with Gasteiger partial charge in [0.2, 0.25) is 0 Å². The van der Waals surface area contributed by atoms with Crippen LogP contribution in [0.4, 0.5) is 13.2 Å². The first-order valence-corrected chi connectivity index (χ1v) is 7.56. The maximum atomic E-state index is 14.0. The molecule has 5 heteroatoms. The van der Waals surface area contributed by atoms with Gasteiger partial charge in [-0.25, -0.2) is 13.2 Å². The van der Waals surface area contributed by atoms with E-state index in [2.05, 4.69) is 0 Å². The van der Waals surface area contributed by atoms with Crippen molar-refractivity contribution in [1.29, 1.82) is 0 Å². The van der Waals surface area contributed by atoms with Crippen molar-refractivity contribution in [3.8, 4) is 0 Å². The Morgan fingerprint density at radius 3 is 2.30 bits per heavy atom. The van der Waals surface area contributed by atoms with E-state index in [9.17, 15) is 18.0 Å². The van der Waals surface area contributed by atoms with Crippen molar-refractivity contribution in [1.82, 2.24) is 0 Å². The molecular formula is C18H21F3O2. The Morgan fingerprint density at radius 1 is 1.13 bits per heavy atom. The Bertz CT molecular complexity index is 648. The molecule has 1 fully saturated rings. The average molecular weight is 326 g/mol. The molecule has 0 amide bonds. The molecule has 0 heterocycles. The first-order valence-electron chi connectivity index (χ1n) is 7.56. The molecule has 0 radical (unpaired) electrons. The largest absolute Gasteiger partial charge is 0.460 e. The molecule has 2 atom stereocenters. The molecule has 126 valence electrons. The lowest BCUT2D eigenvalue weighted by atomic mass is 10.0. The van der Waals surface area contributed by atoms with Crippen molar-refractivity contribution >= 4 is 5.97 Å². The SMILES string of the molecule is CC=C[C@@H]1[C@@H](C(=O)OCc2c(C)c(F)c(C)c(F)c2F)C1(C)C. The molecule has 0 spiro atoms. The van der Waals surface area contributed by atoms with Crippen molar-refractivity contribution < 1.29 is 22.7 Å². The number of allylic oxidation sites excluding steroid dienone is 2. The highest BCUT2D eigenvalue weighted by atomic mass is 19.2. The molecule has 1 aliphatic rings. The molecule has 2 nitrogen and oxygen atoms in total. The van der Waals surface area contributed by atoms with E-state index in [0.717, 1.165) is 0 Å². The van der Waals surface area contributed by atoms with E-state index < -0.39 is 30.0 Å². The zero-order chi connectivity index (χ0) is 17.5. The topological polar surface area (TPSA) is 26.3 Å². The van der Waals surface area contributed by atoms with Crippen LogP contribution in [0.1, 0.15) is 37.5 Å². The van der Waals surface area contributed by atoms with Gasteiger partial charge in [-0.1, -0.05) is 26.0 Å². The summed E-state index contributed by atoms with van der Waals surface area (Å²) in [7, 11) is 0. The Labute approximate surface area is 134 Å². The van der Waals surface area contributed by atoms with Gasteiger partial charge >= 0.3 is 5.97 Å². The number of hydrogen-bond acceptors (Lipinski definition) is 2. The smallest absolute Gasteiger partial charge is 0.310 e. The van der Waals surface area contributed by atoms with Crippen LogP contribution >= 0.6 is 0 Å². The molecule has 0 N–H and O–H groups in total. The van der Waals surface area contributed by atoms with Crippen LogP contribution in [0.15, 0.2) is 12.2 Å². The van der Waals surface area contributed by atoms with Crippen molar-refractivity contribution in [3.05, 3.63) is 46.3 Å². The Balaban J connectivity index is 2.15. The minimum Gasteiger partial charge on any atom is -0.460 e. The van der Waals surface area contributed by atoms with Crippen LogP contribution in [0.25, 0.3) is 0 Å². The van der Waals surface area contributed by atoms with E-state index in [0.29, 0.717) is 0 Å². The van der Waals surface area contributed by atoms with E-state index >= 15 is 0 Å². The first kappa shape index (κ1) is 17.6. The fraction of sp³-hybridized carbons (Fsp3) is 0.500. The standard InChI is InChI=1S/C18H21F3O2/c1-6-7-12-13(18(12,4)5)17(22)23-8-11-9(2)14(19)10(3)15(20)16(11)21/h6-7,12-13H,8H2,1-5H3/t12-,13+/m1/s1. The van der Waals surface area contributed by atoms with Crippen molar-refractivity contribution in [3.63, 3.8) is 0 Å².